The smallest absolute Gasteiger partial charge is 0.307 e. The van der Waals surface area contributed by atoms with Crippen LogP contribution in [0.5, 0.6) is 0 Å². The van der Waals surface area contributed by atoms with Gasteiger partial charge in [0, 0.05) is 30.9 Å². The molecule has 0 radical (unpaired) electrons. The molecule has 3 heterocycles. The van der Waals surface area contributed by atoms with Gasteiger partial charge in [0.15, 0.2) is 0 Å². The second kappa shape index (κ2) is 5.42. The van der Waals surface area contributed by atoms with E-state index in [0.717, 1.165) is 18.4 Å². The summed E-state index contributed by atoms with van der Waals surface area (Å²) in [5, 5.41) is 21.1. The number of carboxylic acid groups (broad SMARTS) is 1. The van der Waals surface area contributed by atoms with Crippen LogP contribution in [0.4, 0.5) is 5.69 Å². The fourth-order valence-corrected chi connectivity index (χ4v) is 2.65. The first kappa shape index (κ1) is 13.4. The van der Waals surface area contributed by atoms with Gasteiger partial charge in [-0.3, -0.25) is 4.79 Å². The van der Waals surface area contributed by atoms with Crippen molar-refractivity contribution < 1.29 is 9.90 Å². The van der Waals surface area contributed by atoms with Gasteiger partial charge in [-0.05, 0) is 18.9 Å². The molecule has 2 aromatic rings. The first-order chi connectivity index (χ1) is 10.2. The molecule has 1 aliphatic rings. The van der Waals surface area contributed by atoms with E-state index in [1.165, 1.54) is 6.20 Å². The van der Waals surface area contributed by atoms with Crippen molar-refractivity contribution in [3.63, 3.8) is 0 Å². The van der Waals surface area contributed by atoms with Gasteiger partial charge < -0.3 is 15.5 Å². The van der Waals surface area contributed by atoms with Gasteiger partial charge in [-0.1, -0.05) is 0 Å². The largest absolute Gasteiger partial charge is 0.481 e. The Morgan fingerprint density at radius 3 is 3.24 bits per heavy atom. The average molecular weight is 285 g/mol. The molecule has 3 rings (SSSR count). The molecule has 1 saturated heterocycles. The molecule has 0 spiro atoms. The van der Waals surface area contributed by atoms with Gasteiger partial charge in [0.25, 0.3) is 0 Å². The number of fused-ring (bicyclic) bond motifs is 1. The number of hydrazine groups is 1. The molecule has 2 aromatic heterocycles. The highest BCUT2D eigenvalue weighted by Gasteiger charge is 2.26. The number of aromatic nitrogens is 2. The molecule has 0 aromatic carbocycles. The predicted molar refractivity (Wildman–Crippen MR) is 76.4 cm³/mol. The summed E-state index contributed by atoms with van der Waals surface area (Å²) in [5.41, 5.74) is 5.02. The number of aliphatic carboxylic acids is 1. The number of H-pyrrole nitrogens is 1. The maximum atomic E-state index is 11.1. The van der Waals surface area contributed by atoms with Gasteiger partial charge in [-0.25, -0.2) is 9.99 Å². The maximum absolute atomic E-state index is 11.1. The summed E-state index contributed by atoms with van der Waals surface area (Å²) in [6.07, 6.45) is 4.78. The standard InChI is InChI=1S/C14H15N5O2/c15-6-10-7-17-13-11(3-4-16-13)12(10)18-19-5-1-2-9(8-19)14(20)21/h3-4,7,9H,1-2,5,8H2,(H,20,21)(H2,16,17,18). The lowest BCUT2D eigenvalue weighted by atomic mass is 9.99. The molecule has 7 nitrogen and oxygen atoms in total. The van der Waals surface area contributed by atoms with Crippen LogP contribution in [0.1, 0.15) is 18.4 Å². The van der Waals surface area contributed by atoms with Crippen molar-refractivity contribution in [1.82, 2.24) is 15.0 Å². The van der Waals surface area contributed by atoms with E-state index in [4.69, 9.17) is 5.11 Å². The van der Waals surface area contributed by atoms with E-state index in [2.05, 4.69) is 21.5 Å². The lowest BCUT2D eigenvalue weighted by Gasteiger charge is -2.31. The van der Waals surface area contributed by atoms with Crippen molar-refractivity contribution in [1.29, 1.82) is 5.26 Å². The number of nitriles is 1. The molecule has 7 heteroatoms. The molecule has 0 bridgehead atoms. The molecule has 108 valence electrons. The van der Waals surface area contributed by atoms with Crippen LogP contribution in [0.3, 0.4) is 0 Å². The number of nitrogens with zero attached hydrogens (tertiary/aromatic N) is 3. The molecule has 1 atom stereocenters. The zero-order chi connectivity index (χ0) is 14.8. The van der Waals surface area contributed by atoms with Crippen molar-refractivity contribution in [2.75, 3.05) is 18.5 Å². The Hall–Kier alpha value is -2.59. The van der Waals surface area contributed by atoms with Crippen LogP contribution in [-0.2, 0) is 4.79 Å². The topological polar surface area (TPSA) is 105 Å². The van der Waals surface area contributed by atoms with Gasteiger partial charge in [0.2, 0.25) is 0 Å². The quantitative estimate of drug-likeness (QED) is 0.790. The summed E-state index contributed by atoms with van der Waals surface area (Å²) >= 11 is 0. The highest BCUT2D eigenvalue weighted by Crippen LogP contribution is 2.27. The Bertz CT molecular complexity index is 718. The first-order valence-electron chi connectivity index (χ1n) is 6.79. The number of hydrogen-bond donors (Lipinski definition) is 3. The molecule has 1 aliphatic heterocycles. The van der Waals surface area contributed by atoms with Crippen molar-refractivity contribution in [3.8, 4) is 6.07 Å². The fraction of sp³-hybridized carbons (Fsp3) is 0.357. The third-order valence-corrected chi connectivity index (χ3v) is 3.75. The molecule has 3 N–H and O–H groups in total. The Balaban J connectivity index is 1.89. The van der Waals surface area contributed by atoms with Crippen LogP contribution < -0.4 is 5.43 Å². The molecule has 0 aliphatic carbocycles. The average Bonchev–Trinajstić information content (AvgIpc) is 2.96. The predicted octanol–water partition coefficient (Wildman–Crippen LogP) is 1.56. The number of aromatic amines is 1. The van der Waals surface area contributed by atoms with Crippen LogP contribution in [-0.4, -0.2) is 39.1 Å². The number of nitrogens with one attached hydrogen (secondary N) is 2. The first-order valence-corrected chi connectivity index (χ1v) is 6.79. The van der Waals surface area contributed by atoms with E-state index in [9.17, 15) is 10.1 Å². The molecular weight excluding hydrogens is 270 g/mol. The molecule has 21 heavy (non-hydrogen) atoms. The molecular formula is C14H15N5O2. The van der Waals surface area contributed by atoms with Crippen LogP contribution in [0.2, 0.25) is 0 Å². The highest BCUT2D eigenvalue weighted by atomic mass is 16.4. The number of hydrogen-bond acceptors (Lipinski definition) is 5. The zero-order valence-corrected chi connectivity index (χ0v) is 11.3. The SMILES string of the molecule is N#Cc1cnc2[nH]ccc2c1NN1CCCC(C(=O)O)C1. The molecule has 1 unspecified atom stereocenters. The molecule has 0 saturated carbocycles. The molecule has 1 fully saturated rings. The van der Waals surface area contributed by atoms with E-state index >= 15 is 0 Å². The van der Waals surface area contributed by atoms with Crippen molar-refractivity contribution >= 4 is 22.7 Å². The number of anilines is 1. The Morgan fingerprint density at radius 1 is 1.62 bits per heavy atom. The summed E-state index contributed by atoms with van der Waals surface area (Å²) in [5.74, 6) is -1.15. The lowest BCUT2D eigenvalue weighted by Crippen LogP contribution is -2.42. The highest BCUT2D eigenvalue weighted by molar-refractivity contribution is 5.92. The van der Waals surface area contributed by atoms with Crippen molar-refractivity contribution in [2.24, 2.45) is 5.92 Å². The van der Waals surface area contributed by atoms with E-state index < -0.39 is 5.97 Å². The summed E-state index contributed by atoms with van der Waals surface area (Å²) in [6.45, 7) is 1.18. The number of carboxylic acids is 1. The van der Waals surface area contributed by atoms with E-state index in [1.54, 1.807) is 6.20 Å². The molecule has 0 amide bonds. The van der Waals surface area contributed by atoms with E-state index in [1.807, 2.05) is 11.1 Å². The Morgan fingerprint density at radius 2 is 2.48 bits per heavy atom. The normalized spacial score (nSPS) is 19.3. The Labute approximate surface area is 121 Å². The number of carbonyl (C=O) groups is 1. The summed E-state index contributed by atoms with van der Waals surface area (Å²) < 4.78 is 0. The Kier molecular flexibility index (Phi) is 3.46. The minimum absolute atomic E-state index is 0.375. The minimum atomic E-state index is -0.775. The van der Waals surface area contributed by atoms with Crippen LogP contribution >= 0.6 is 0 Å². The summed E-state index contributed by atoms with van der Waals surface area (Å²) in [7, 11) is 0. The minimum Gasteiger partial charge on any atom is -0.481 e. The summed E-state index contributed by atoms with van der Waals surface area (Å²) in [6, 6.07) is 3.97. The number of pyridine rings is 1. The number of piperidine rings is 1. The fourth-order valence-electron chi connectivity index (χ4n) is 2.65. The van der Waals surface area contributed by atoms with Gasteiger partial charge >= 0.3 is 5.97 Å². The third-order valence-electron chi connectivity index (χ3n) is 3.75. The van der Waals surface area contributed by atoms with Crippen LogP contribution in [0, 0.1) is 17.2 Å². The maximum Gasteiger partial charge on any atom is 0.307 e. The van der Waals surface area contributed by atoms with Crippen LogP contribution in [0.25, 0.3) is 11.0 Å². The van der Waals surface area contributed by atoms with Gasteiger partial charge in [-0.15, -0.1) is 0 Å². The van der Waals surface area contributed by atoms with Gasteiger partial charge in [-0.2, -0.15) is 5.26 Å². The second-order valence-electron chi connectivity index (χ2n) is 5.13. The van der Waals surface area contributed by atoms with Crippen molar-refractivity contribution in [2.45, 2.75) is 12.8 Å². The van der Waals surface area contributed by atoms with Gasteiger partial charge in [0.1, 0.15) is 11.7 Å². The third kappa shape index (κ3) is 2.53. The number of rotatable bonds is 3. The van der Waals surface area contributed by atoms with Crippen LogP contribution in [0.15, 0.2) is 18.5 Å². The monoisotopic (exact) mass is 285 g/mol. The van der Waals surface area contributed by atoms with E-state index in [-0.39, 0.29) is 5.92 Å². The van der Waals surface area contributed by atoms with Gasteiger partial charge in [0.05, 0.1) is 17.2 Å². The second-order valence-corrected chi connectivity index (χ2v) is 5.13. The van der Waals surface area contributed by atoms with E-state index in [0.29, 0.717) is 29.9 Å². The zero-order valence-electron chi connectivity index (χ0n) is 11.3. The summed E-state index contributed by atoms with van der Waals surface area (Å²) in [4.78, 5) is 18.3. The van der Waals surface area contributed by atoms with Crippen molar-refractivity contribution in [3.05, 3.63) is 24.0 Å². The lowest BCUT2D eigenvalue weighted by molar-refractivity contribution is -0.143.